The van der Waals surface area contributed by atoms with Gasteiger partial charge >= 0.3 is 0 Å². The van der Waals surface area contributed by atoms with Gasteiger partial charge in [-0.2, -0.15) is 0 Å². The minimum atomic E-state index is 0.110. The molecule has 17 heavy (non-hydrogen) atoms. The van der Waals surface area contributed by atoms with E-state index in [0.29, 0.717) is 23.7 Å². The molecular weight excluding hydrogens is 220 g/mol. The van der Waals surface area contributed by atoms with Crippen molar-refractivity contribution >= 4 is 6.29 Å². The summed E-state index contributed by atoms with van der Waals surface area (Å²) in [6, 6.07) is 5.15. The average Bonchev–Trinajstić information content (AvgIpc) is 2.37. The highest BCUT2D eigenvalue weighted by Crippen LogP contribution is 2.24. The van der Waals surface area contributed by atoms with Crippen molar-refractivity contribution in [2.24, 2.45) is 0 Å². The molecule has 94 valence electrons. The van der Waals surface area contributed by atoms with Gasteiger partial charge in [0, 0.05) is 13.2 Å². The number of ether oxygens (including phenoxy) is 3. The Kier molecular flexibility index (Phi) is 6.10. The first-order chi connectivity index (χ1) is 8.31. The molecule has 0 saturated heterocycles. The fourth-order valence-electron chi connectivity index (χ4n) is 1.28. The number of hydrogen-bond donors (Lipinski definition) is 0. The molecule has 0 aliphatic heterocycles. The van der Waals surface area contributed by atoms with Crippen LogP contribution in [-0.2, 0) is 4.74 Å². The molecule has 4 heteroatoms. The molecule has 1 rings (SSSR count). The highest BCUT2D eigenvalue weighted by atomic mass is 16.7. The molecule has 0 saturated carbocycles. The quantitative estimate of drug-likeness (QED) is 0.397. The molecule has 0 heterocycles. The van der Waals surface area contributed by atoms with E-state index in [0.717, 1.165) is 19.1 Å². The Morgan fingerprint density at radius 2 is 2.12 bits per heavy atom. The summed E-state index contributed by atoms with van der Waals surface area (Å²) in [5.74, 6) is 1.19. The lowest BCUT2D eigenvalue weighted by atomic mass is 10.2. The summed E-state index contributed by atoms with van der Waals surface area (Å²) in [6.07, 6.45) is 2.84. The van der Waals surface area contributed by atoms with Crippen molar-refractivity contribution in [1.29, 1.82) is 0 Å². The van der Waals surface area contributed by atoms with Crippen LogP contribution in [0.3, 0.4) is 0 Å². The van der Waals surface area contributed by atoms with Crippen LogP contribution in [0.1, 0.15) is 30.1 Å². The van der Waals surface area contributed by atoms with Crippen molar-refractivity contribution in [3.8, 4) is 11.5 Å². The second kappa shape index (κ2) is 7.68. The zero-order valence-corrected chi connectivity index (χ0v) is 10.3. The van der Waals surface area contributed by atoms with Crippen LogP contribution in [-0.4, -0.2) is 26.8 Å². The monoisotopic (exact) mass is 238 g/mol. The summed E-state index contributed by atoms with van der Waals surface area (Å²) in [5.41, 5.74) is 0.491. The molecule has 4 nitrogen and oxygen atoms in total. The maximum atomic E-state index is 10.8. The van der Waals surface area contributed by atoms with Gasteiger partial charge < -0.3 is 14.2 Å². The van der Waals surface area contributed by atoms with Gasteiger partial charge in [-0.1, -0.05) is 13.3 Å². The maximum Gasteiger partial charge on any atom is 0.188 e. The molecule has 1 aromatic rings. The first-order valence-corrected chi connectivity index (χ1v) is 5.65. The third-order valence-electron chi connectivity index (χ3n) is 2.21. The molecule has 0 N–H and O–H groups in total. The number of rotatable bonds is 8. The van der Waals surface area contributed by atoms with E-state index in [1.54, 1.807) is 18.2 Å². The molecule has 0 spiro atoms. The SMILES string of the molecule is CCCCOc1ccc(C=O)c(OCOC)c1. The second-order valence-corrected chi connectivity index (χ2v) is 3.57. The number of unbranched alkanes of at least 4 members (excludes halogenated alkanes) is 1. The number of hydrogen-bond acceptors (Lipinski definition) is 4. The van der Waals surface area contributed by atoms with E-state index in [4.69, 9.17) is 14.2 Å². The first kappa shape index (κ1) is 13.5. The zero-order chi connectivity index (χ0) is 12.5. The summed E-state index contributed by atoms with van der Waals surface area (Å²) in [7, 11) is 1.53. The molecule has 0 aliphatic rings. The first-order valence-electron chi connectivity index (χ1n) is 5.65. The van der Waals surface area contributed by atoms with Crippen molar-refractivity contribution in [3.63, 3.8) is 0 Å². The van der Waals surface area contributed by atoms with Crippen LogP contribution in [0.5, 0.6) is 11.5 Å². The lowest BCUT2D eigenvalue weighted by Crippen LogP contribution is -2.02. The molecule has 0 aliphatic carbocycles. The molecule has 0 fully saturated rings. The molecule has 0 aromatic heterocycles. The lowest BCUT2D eigenvalue weighted by Gasteiger charge is -2.10. The van der Waals surface area contributed by atoms with Gasteiger partial charge in [-0.15, -0.1) is 0 Å². The topological polar surface area (TPSA) is 44.8 Å². The Bertz CT molecular complexity index is 349. The number of methoxy groups -OCH3 is 1. The third kappa shape index (κ3) is 4.44. The van der Waals surface area contributed by atoms with Crippen LogP contribution in [0, 0.1) is 0 Å². The summed E-state index contributed by atoms with van der Waals surface area (Å²) >= 11 is 0. The van der Waals surface area contributed by atoms with Crippen LogP contribution >= 0.6 is 0 Å². The number of aldehydes is 1. The Labute approximate surface area is 101 Å². The highest BCUT2D eigenvalue weighted by Gasteiger charge is 2.05. The summed E-state index contributed by atoms with van der Waals surface area (Å²) in [6.45, 7) is 2.88. The summed E-state index contributed by atoms with van der Waals surface area (Å²) < 4.78 is 15.6. The van der Waals surface area contributed by atoms with E-state index in [1.807, 2.05) is 0 Å². The molecule has 0 amide bonds. The van der Waals surface area contributed by atoms with Crippen molar-refractivity contribution in [2.45, 2.75) is 19.8 Å². The minimum Gasteiger partial charge on any atom is -0.493 e. The van der Waals surface area contributed by atoms with Gasteiger partial charge in [0.2, 0.25) is 0 Å². The smallest absolute Gasteiger partial charge is 0.188 e. The van der Waals surface area contributed by atoms with Crippen molar-refractivity contribution in [2.75, 3.05) is 20.5 Å². The zero-order valence-electron chi connectivity index (χ0n) is 10.3. The van der Waals surface area contributed by atoms with Gasteiger partial charge in [0.05, 0.1) is 12.2 Å². The fourth-order valence-corrected chi connectivity index (χ4v) is 1.28. The van der Waals surface area contributed by atoms with Crippen LogP contribution in [0.15, 0.2) is 18.2 Å². The standard InChI is InChI=1S/C13H18O4/c1-3-4-7-16-12-6-5-11(9-14)13(8-12)17-10-15-2/h5-6,8-9H,3-4,7,10H2,1-2H3. The number of carbonyl (C=O) groups is 1. The third-order valence-corrected chi connectivity index (χ3v) is 2.21. The summed E-state index contributed by atoms with van der Waals surface area (Å²) in [5, 5.41) is 0. The van der Waals surface area contributed by atoms with Gasteiger partial charge in [0.1, 0.15) is 11.5 Å². The van der Waals surface area contributed by atoms with Gasteiger partial charge in [0.25, 0.3) is 0 Å². The van der Waals surface area contributed by atoms with Gasteiger partial charge in [-0.3, -0.25) is 4.79 Å². The van der Waals surface area contributed by atoms with E-state index in [2.05, 4.69) is 6.92 Å². The highest BCUT2D eigenvalue weighted by molar-refractivity contribution is 5.79. The van der Waals surface area contributed by atoms with Crippen LogP contribution < -0.4 is 9.47 Å². The summed E-state index contributed by atoms with van der Waals surface area (Å²) in [4.78, 5) is 10.8. The Balaban J connectivity index is 2.69. The molecule has 1 aromatic carbocycles. The van der Waals surface area contributed by atoms with E-state index in [1.165, 1.54) is 7.11 Å². The Morgan fingerprint density at radius 3 is 2.76 bits per heavy atom. The van der Waals surface area contributed by atoms with Gasteiger partial charge in [-0.05, 0) is 18.6 Å². The van der Waals surface area contributed by atoms with E-state index in [9.17, 15) is 4.79 Å². The largest absolute Gasteiger partial charge is 0.493 e. The predicted molar refractivity (Wildman–Crippen MR) is 64.7 cm³/mol. The predicted octanol–water partition coefficient (Wildman–Crippen LogP) is 2.66. The fraction of sp³-hybridized carbons (Fsp3) is 0.462. The van der Waals surface area contributed by atoms with E-state index < -0.39 is 0 Å². The molecular formula is C13H18O4. The van der Waals surface area contributed by atoms with Crippen LogP contribution in [0.25, 0.3) is 0 Å². The molecule has 0 bridgehead atoms. The van der Waals surface area contributed by atoms with Crippen LogP contribution in [0.4, 0.5) is 0 Å². The van der Waals surface area contributed by atoms with E-state index in [-0.39, 0.29) is 6.79 Å². The molecule has 0 unspecified atom stereocenters. The lowest BCUT2D eigenvalue weighted by molar-refractivity contribution is 0.0503. The number of benzene rings is 1. The normalized spacial score (nSPS) is 10.0. The van der Waals surface area contributed by atoms with Gasteiger partial charge in [0.15, 0.2) is 13.1 Å². The van der Waals surface area contributed by atoms with Gasteiger partial charge in [-0.25, -0.2) is 0 Å². The van der Waals surface area contributed by atoms with Crippen molar-refractivity contribution in [1.82, 2.24) is 0 Å². The molecule has 0 atom stereocenters. The number of carbonyl (C=O) groups excluding carboxylic acids is 1. The Hall–Kier alpha value is -1.55. The van der Waals surface area contributed by atoms with Crippen molar-refractivity contribution in [3.05, 3.63) is 23.8 Å². The van der Waals surface area contributed by atoms with Crippen LogP contribution in [0.2, 0.25) is 0 Å². The van der Waals surface area contributed by atoms with E-state index >= 15 is 0 Å². The maximum absolute atomic E-state index is 10.8. The average molecular weight is 238 g/mol. The van der Waals surface area contributed by atoms with Crippen molar-refractivity contribution < 1.29 is 19.0 Å². The molecule has 0 radical (unpaired) electrons. The minimum absolute atomic E-state index is 0.110. The second-order valence-electron chi connectivity index (χ2n) is 3.57. The Morgan fingerprint density at radius 1 is 1.29 bits per heavy atom.